The van der Waals surface area contributed by atoms with Gasteiger partial charge in [0.25, 0.3) is 5.91 Å². The fourth-order valence-electron chi connectivity index (χ4n) is 2.42. The number of hydrogen-bond donors (Lipinski definition) is 0. The van der Waals surface area contributed by atoms with Crippen LogP contribution in [0.2, 0.25) is 0 Å². The Bertz CT molecular complexity index is 941. The number of nitrogens with zero attached hydrogens (tertiary/aromatic N) is 2. The smallest absolute Gasteiger partial charge is 0.383 e. The standard InChI is InChI=1S/C17H16F6N2O2S/c1-9-10(2)28-15(25(9)6-7-27-3)24-14(26)12-8-11(16(18,19)20)4-5-13(12)17(21,22)23/h4-5,8H,6-7H2,1-3H3. The SMILES string of the molecule is COCCn1c(C)c(C)sc1=NC(=O)c1cc(C(F)(F)F)ccc1C(F)(F)F. The predicted octanol–water partition coefficient (Wildman–Crippen LogP) is 4.59. The van der Waals surface area contributed by atoms with Crippen molar-refractivity contribution in [2.24, 2.45) is 4.99 Å². The maximum absolute atomic E-state index is 13.2. The number of benzene rings is 1. The zero-order valence-corrected chi connectivity index (χ0v) is 15.8. The van der Waals surface area contributed by atoms with Crippen molar-refractivity contribution in [3.8, 4) is 0 Å². The van der Waals surface area contributed by atoms with Crippen molar-refractivity contribution in [2.75, 3.05) is 13.7 Å². The molecule has 0 aliphatic carbocycles. The highest BCUT2D eigenvalue weighted by Crippen LogP contribution is 2.36. The van der Waals surface area contributed by atoms with E-state index in [2.05, 4.69) is 4.99 Å². The molecule has 1 aromatic carbocycles. The molecule has 0 saturated carbocycles. The van der Waals surface area contributed by atoms with E-state index in [1.54, 1.807) is 18.4 Å². The molecule has 1 amide bonds. The summed E-state index contributed by atoms with van der Waals surface area (Å²) >= 11 is 1.05. The topological polar surface area (TPSA) is 43.6 Å². The number of hydrogen-bond acceptors (Lipinski definition) is 3. The van der Waals surface area contributed by atoms with Gasteiger partial charge in [-0.25, -0.2) is 0 Å². The van der Waals surface area contributed by atoms with Crippen molar-refractivity contribution >= 4 is 17.2 Å². The average Bonchev–Trinajstić information content (AvgIpc) is 2.84. The van der Waals surface area contributed by atoms with E-state index in [0.717, 1.165) is 21.9 Å². The highest BCUT2D eigenvalue weighted by Gasteiger charge is 2.38. The van der Waals surface area contributed by atoms with Gasteiger partial charge in [-0.2, -0.15) is 31.3 Å². The third-order valence-corrected chi connectivity index (χ3v) is 5.08. The molecule has 0 saturated heterocycles. The monoisotopic (exact) mass is 426 g/mol. The van der Waals surface area contributed by atoms with Crippen LogP contribution >= 0.6 is 11.3 Å². The van der Waals surface area contributed by atoms with Crippen LogP contribution in [0.15, 0.2) is 23.2 Å². The number of carbonyl (C=O) groups is 1. The van der Waals surface area contributed by atoms with Crippen molar-refractivity contribution in [1.82, 2.24) is 4.57 Å². The molecule has 2 aromatic rings. The molecule has 1 aromatic heterocycles. The summed E-state index contributed by atoms with van der Waals surface area (Å²) in [6, 6.07) is 0.717. The van der Waals surface area contributed by atoms with Gasteiger partial charge in [-0.1, -0.05) is 0 Å². The first-order valence-corrected chi connectivity index (χ1v) is 8.71. The lowest BCUT2D eigenvalue weighted by Gasteiger charge is -2.13. The molecular formula is C17H16F6N2O2S. The maximum Gasteiger partial charge on any atom is 0.417 e. The summed E-state index contributed by atoms with van der Waals surface area (Å²) in [6.45, 7) is 4.01. The summed E-state index contributed by atoms with van der Waals surface area (Å²) in [6.07, 6.45) is -9.90. The fraction of sp³-hybridized carbons (Fsp3) is 0.412. The summed E-state index contributed by atoms with van der Waals surface area (Å²) in [4.78, 5) is 17.0. The molecule has 0 unspecified atom stereocenters. The summed E-state index contributed by atoms with van der Waals surface area (Å²) in [5.41, 5.74) is -3.24. The molecule has 0 N–H and O–H groups in total. The molecule has 0 spiro atoms. The van der Waals surface area contributed by atoms with Crippen molar-refractivity contribution in [2.45, 2.75) is 32.7 Å². The molecule has 11 heteroatoms. The third-order valence-electron chi connectivity index (χ3n) is 3.99. The van der Waals surface area contributed by atoms with Gasteiger partial charge < -0.3 is 9.30 Å². The third kappa shape index (κ3) is 4.82. The van der Waals surface area contributed by atoms with Gasteiger partial charge >= 0.3 is 12.4 Å². The van der Waals surface area contributed by atoms with Crippen LogP contribution in [-0.2, 0) is 23.6 Å². The van der Waals surface area contributed by atoms with Crippen LogP contribution in [0.25, 0.3) is 0 Å². The zero-order chi connectivity index (χ0) is 21.3. The van der Waals surface area contributed by atoms with Gasteiger partial charge in [-0.3, -0.25) is 4.79 Å². The van der Waals surface area contributed by atoms with Gasteiger partial charge in [0.15, 0.2) is 4.80 Å². The van der Waals surface area contributed by atoms with Gasteiger partial charge in [-0.15, -0.1) is 11.3 Å². The van der Waals surface area contributed by atoms with Crippen LogP contribution in [0.3, 0.4) is 0 Å². The number of rotatable bonds is 4. The zero-order valence-electron chi connectivity index (χ0n) is 15.0. The van der Waals surface area contributed by atoms with Crippen LogP contribution < -0.4 is 4.80 Å². The quantitative estimate of drug-likeness (QED) is 0.672. The van der Waals surface area contributed by atoms with Gasteiger partial charge in [-0.05, 0) is 32.0 Å². The molecule has 28 heavy (non-hydrogen) atoms. The molecular weight excluding hydrogens is 410 g/mol. The van der Waals surface area contributed by atoms with E-state index in [1.165, 1.54) is 7.11 Å². The van der Waals surface area contributed by atoms with Crippen LogP contribution in [-0.4, -0.2) is 24.2 Å². The minimum Gasteiger partial charge on any atom is -0.383 e. The minimum atomic E-state index is -5.00. The first-order valence-electron chi connectivity index (χ1n) is 7.89. The van der Waals surface area contributed by atoms with Gasteiger partial charge in [0.1, 0.15) is 0 Å². The predicted molar refractivity (Wildman–Crippen MR) is 90.0 cm³/mol. The largest absolute Gasteiger partial charge is 0.417 e. The number of halogens is 6. The second kappa shape index (κ2) is 8.08. The number of methoxy groups -OCH3 is 1. The maximum atomic E-state index is 13.2. The number of thiazole rings is 1. The first-order chi connectivity index (χ1) is 12.9. The summed E-state index contributed by atoms with van der Waals surface area (Å²) in [7, 11) is 1.45. The second-order valence-corrected chi connectivity index (χ2v) is 7.03. The minimum absolute atomic E-state index is 0.0857. The Balaban J connectivity index is 2.63. The molecule has 0 radical (unpaired) electrons. The van der Waals surface area contributed by atoms with Crippen LogP contribution in [0.5, 0.6) is 0 Å². The van der Waals surface area contributed by atoms with Gasteiger partial charge in [0.05, 0.1) is 23.3 Å². The molecule has 154 valence electrons. The molecule has 0 aliphatic heterocycles. The molecule has 0 aliphatic rings. The Kier molecular flexibility index (Phi) is 6.39. The normalized spacial score (nSPS) is 13.2. The van der Waals surface area contributed by atoms with E-state index in [0.29, 0.717) is 0 Å². The van der Waals surface area contributed by atoms with Crippen LogP contribution in [0.1, 0.15) is 32.1 Å². The van der Waals surface area contributed by atoms with E-state index in [4.69, 9.17) is 4.74 Å². The number of alkyl halides is 6. The number of carbonyl (C=O) groups excluding carboxylic acids is 1. The Morgan fingerprint density at radius 2 is 1.79 bits per heavy atom. The molecule has 4 nitrogen and oxygen atoms in total. The lowest BCUT2D eigenvalue weighted by molar-refractivity contribution is -0.141. The molecule has 1 heterocycles. The van der Waals surface area contributed by atoms with Crippen molar-refractivity contribution < 1.29 is 35.9 Å². The number of ether oxygens (including phenoxy) is 1. The van der Waals surface area contributed by atoms with Crippen molar-refractivity contribution in [3.63, 3.8) is 0 Å². The lowest BCUT2D eigenvalue weighted by atomic mass is 10.0. The Morgan fingerprint density at radius 1 is 1.14 bits per heavy atom. The van der Waals surface area contributed by atoms with Crippen LogP contribution in [0.4, 0.5) is 26.3 Å². The van der Waals surface area contributed by atoms with Gasteiger partial charge in [0.2, 0.25) is 0 Å². The summed E-state index contributed by atoms with van der Waals surface area (Å²) in [5.74, 6) is -1.40. The van der Waals surface area contributed by atoms with E-state index in [1.807, 2.05) is 0 Å². The van der Waals surface area contributed by atoms with Crippen LogP contribution in [0, 0.1) is 13.8 Å². The van der Waals surface area contributed by atoms with Gasteiger partial charge in [0, 0.05) is 24.2 Å². The molecule has 2 rings (SSSR count). The fourth-order valence-corrected chi connectivity index (χ4v) is 3.42. The summed E-state index contributed by atoms with van der Waals surface area (Å²) in [5, 5.41) is 0. The molecule has 0 bridgehead atoms. The Morgan fingerprint density at radius 3 is 2.32 bits per heavy atom. The van der Waals surface area contributed by atoms with Crippen molar-refractivity contribution in [3.05, 3.63) is 50.3 Å². The Hall–Kier alpha value is -2.14. The number of amides is 1. The van der Waals surface area contributed by atoms with E-state index in [-0.39, 0.29) is 36.2 Å². The van der Waals surface area contributed by atoms with E-state index in [9.17, 15) is 31.1 Å². The average molecular weight is 426 g/mol. The van der Waals surface area contributed by atoms with E-state index >= 15 is 0 Å². The Labute approximate surface area is 160 Å². The van der Waals surface area contributed by atoms with Crippen molar-refractivity contribution in [1.29, 1.82) is 0 Å². The number of aromatic nitrogens is 1. The second-order valence-electron chi connectivity index (χ2n) is 5.84. The highest BCUT2D eigenvalue weighted by atomic mass is 32.1. The molecule has 0 fully saturated rings. The molecule has 0 atom stereocenters. The summed E-state index contributed by atoms with van der Waals surface area (Å²) < 4.78 is 84.8. The number of aryl methyl sites for hydroxylation is 1. The highest BCUT2D eigenvalue weighted by molar-refractivity contribution is 7.09. The van der Waals surface area contributed by atoms with E-state index < -0.39 is 35.0 Å². The lowest BCUT2D eigenvalue weighted by Crippen LogP contribution is -2.22. The first kappa shape index (κ1) is 22.2.